The van der Waals surface area contributed by atoms with Crippen molar-refractivity contribution in [1.29, 1.82) is 0 Å². The number of rotatable bonds is 4. The van der Waals surface area contributed by atoms with Crippen LogP contribution in [0, 0.1) is 13.8 Å². The fourth-order valence-electron chi connectivity index (χ4n) is 3.61. The second-order valence-electron chi connectivity index (χ2n) is 7.20. The molecule has 1 unspecified atom stereocenters. The molecule has 28 heavy (non-hydrogen) atoms. The first-order chi connectivity index (χ1) is 13.3. The predicted octanol–water partition coefficient (Wildman–Crippen LogP) is 3.98. The first-order valence-electron chi connectivity index (χ1n) is 9.16. The summed E-state index contributed by atoms with van der Waals surface area (Å²) in [7, 11) is -3.72. The molecule has 0 fully saturated rings. The molecular weight excluding hydrogens is 372 g/mol. The van der Waals surface area contributed by atoms with Crippen LogP contribution in [0.3, 0.4) is 0 Å². The van der Waals surface area contributed by atoms with E-state index in [0.717, 1.165) is 17.7 Å². The molecule has 2 aromatic carbocycles. The van der Waals surface area contributed by atoms with E-state index in [-0.39, 0.29) is 16.8 Å². The fourth-order valence-corrected chi connectivity index (χ4v) is 4.94. The third-order valence-corrected chi connectivity index (χ3v) is 6.47. The molecule has 4 rings (SSSR count). The summed E-state index contributed by atoms with van der Waals surface area (Å²) >= 11 is 0. The van der Waals surface area contributed by atoms with Crippen LogP contribution in [0.25, 0.3) is 0 Å². The van der Waals surface area contributed by atoms with Gasteiger partial charge in [-0.05, 0) is 68.1 Å². The first-order valence-corrected chi connectivity index (χ1v) is 10.6. The molecule has 1 aliphatic heterocycles. The Labute approximate surface area is 165 Å². The Morgan fingerprint density at radius 1 is 1.04 bits per heavy atom. The normalized spacial score (nSPS) is 16.1. The summed E-state index contributed by atoms with van der Waals surface area (Å²) in [4.78, 5) is 2.38. The summed E-state index contributed by atoms with van der Waals surface area (Å²) in [5, 5.41) is 8.39. The highest BCUT2D eigenvalue weighted by Crippen LogP contribution is 2.37. The van der Waals surface area contributed by atoms with Gasteiger partial charge in [0.05, 0.1) is 4.90 Å². The van der Waals surface area contributed by atoms with Gasteiger partial charge in [0, 0.05) is 11.7 Å². The number of fused-ring (bicyclic) bond motifs is 1. The number of benzene rings is 2. The summed E-state index contributed by atoms with van der Waals surface area (Å²) in [6.07, 6.45) is 0.943. The molecule has 0 radical (unpaired) electrons. The monoisotopic (exact) mass is 394 g/mol. The van der Waals surface area contributed by atoms with E-state index in [1.807, 2.05) is 25.1 Å². The molecule has 6 nitrogen and oxygen atoms in total. The van der Waals surface area contributed by atoms with Gasteiger partial charge in [0.2, 0.25) is 0 Å². The van der Waals surface area contributed by atoms with Crippen LogP contribution in [0.2, 0.25) is 0 Å². The molecule has 0 saturated carbocycles. The van der Waals surface area contributed by atoms with Crippen LogP contribution in [0.5, 0.6) is 0 Å². The lowest BCUT2D eigenvalue weighted by molar-refractivity contribution is 0.600. The Bertz CT molecular complexity index is 1130. The van der Waals surface area contributed by atoms with Crippen molar-refractivity contribution in [2.75, 3.05) is 9.62 Å². The van der Waals surface area contributed by atoms with E-state index in [9.17, 15) is 8.42 Å². The number of nitrogens with one attached hydrogen (secondary N) is 1. The minimum atomic E-state index is -3.72. The van der Waals surface area contributed by atoms with Gasteiger partial charge in [0.25, 0.3) is 10.0 Å². The van der Waals surface area contributed by atoms with Crippen LogP contribution in [0.15, 0.2) is 59.5 Å². The summed E-state index contributed by atoms with van der Waals surface area (Å²) in [5.74, 6) is 0.900. The third kappa shape index (κ3) is 3.33. The Balaban J connectivity index is 1.60. The smallest absolute Gasteiger partial charge is 0.263 e. The van der Waals surface area contributed by atoms with Crippen LogP contribution in [-0.4, -0.2) is 24.7 Å². The van der Waals surface area contributed by atoms with Gasteiger partial charge < -0.3 is 4.90 Å². The van der Waals surface area contributed by atoms with Gasteiger partial charge in [-0.1, -0.05) is 30.3 Å². The van der Waals surface area contributed by atoms with Crippen molar-refractivity contribution in [3.05, 3.63) is 71.3 Å². The molecule has 2 heterocycles. The zero-order valence-corrected chi connectivity index (χ0v) is 16.9. The maximum absolute atomic E-state index is 12.7. The topological polar surface area (TPSA) is 75.2 Å². The largest absolute Gasteiger partial charge is 0.321 e. The molecule has 1 aliphatic rings. The van der Waals surface area contributed by atoms with Crippen LogP contribution in [0.4, 0.5) is 17.3 Å². The van der Waals surface area contributed by atoms with Crippen LogP contribution in [0.1, 0.15) is 23.6 Å². The van der Waals surface area contributed by atoms with Gasteiger partial charge in [-0.15, -0.1) is 10.2 Å². The number of aryl methyl sites for hydroxylation is 2. The lowest BCUT2D eigenvalue weighted by atomic mass is 10.1. The van der Waals surface area contributed by atoms with E-state index in [4.69, 9.17) is 0 Å². The molecule has 1 atom stereocenters. The minimum absolute atomic E-state index is 0.199. The number of hydrogen-bond acceptors (Lipinski definition) is 5. The van der Waals surface area contributed by atoms with Gasteiger partial charge in [-0.25, -0.2) is 8.42 Å². The number of nitrogens with zero attached hydrogens (tertiary/aromatic N) is 3. The summed E-state index contributed by atoms with van der Waals surface area (Å²) < 4.78 is 28.0. The van der Waals surface area contributed by atoms with E-state index >= 15 is 0 Å². The van der Waals surface area contributed by atoms with Crippen molar-refractivity contribution in [1.82, 2.24) is 10.2 Å². The number of anilines is 3. The highest BCUT2D eigenvalue weighted by atomic mass is 32.2. The van der Waals surface area contributed by atoms with Gasteiger partial charge in [0.15, 0.2) is 11.6 Å². The average Bonchev–Trinajstić information content (AvgIpc) is 3.00. The Kier molecular flexibility index (Phi) is 4.55. The number of aromatic nitrogens is 2. The Morgan fingerprint density at radius 3 is 2.57 bits per heavy atom. The summed E-state index contributed by atoms with van der Waals surface area (Å²) in [6.45, 7) is 5.77. The molecule has 0 aliphatic carbocycles. The molecule has 144 valence electrons. The van der Waals surface area contributed by atoms with Crippen molar-refractivity contribution in [2.45, 2.75) is 38.1 Å². The van der Waals surface area contributed by atoms with E-state index < -0.39 is 10.0 Å². The minimum Gasteiger partial charge on any atom is -0.321 e. The molecule has 3 aromatic rings. The standard InChI is InChI=1S/C21H22N4O2S/c1-14-8-9-15(2)19(12-14)28(26,27)24-20-10-11-21(23-22-20)25-16(3)13-17-6-4-5-7-18(17)25/h4-12,16H,13H2,1-3H3,(H,22,24). The predicted molar refractivity (Wildman–Crippen MR) is 111 cm³/mol. The second kappa shape index (κ2) is 6.91. The van der Waals surface area contributed by atoms with Crippen molar-refractivity contribution in [3.8, 4) is 0 Å². The lowest BCUT2D eigenvalue weighted by Gasteiger charge is -2.23. The van der Waals surface area contributed by atoms with E-state index in [1.165, 1.54) is 5.56 Å². The van der Waals surface area contributed by atoms with Crippen LogP contribution in [-0.2, 0) is 16.4 Å². The maximum Gasteiger partial charge on any atom is 0.263 e. The molecule has 1 aromatic heterocycles. The average molecular weight is 395 g/mol. The maximum atomic E-state index is 12.7. The Morgan fingerprint density at radius 2 is 1.82 bits per heavy atom. The Hall–Kier alpha value is -2.93. The van der Waals surface area contributed by atoms with Crippen molar-refractivity contribution >= 4 is 27.3 Å². The molecule has 0 amide bonds. The van der Waals surface area contributed by atoms with Crippen LogP contribution < -0.4 is 9.62 Å². The van der Waals surface area contributed by atoms with Gasteiger partial charge in [-0.2, -0.15) is 0 Å². The zero-order valence-electron chi connectivity index (χ0n) is 16.0. The second-order valence-corrected chi connectivity index (χ2v) is 8.85. The van der Waals surface area contributed by atoms with Gasteiger partial charge >= 0.3 is 0 Å². The third-order valence-electron chi connectivity index (χ3n) is 4.98. The number of sulfonamides is 1. The van der Waals surface area contributed by atoms with Crippen molar-refractivity contribution in [3.63, 3.8) is 0 Å². The molecule has 0 bridgehead atoms. The number of para-hydroxylation sites is 1. The zero-order chi connectivity index (χ0) is 19.9. The van der Waals surface area contributed by atoms with Crippen molar-refractivity contribution < 1.29 is 8.42 Å². The fraction of sp³-hybridized carbons (Fsp3) is 0.238. The van der Waals surface area contributed by atoms with Crippen molar-refractivity contribution in [2.24, 2.45) is 0 Å². The first kappa shape index (κ1) is 18.4. The summed E-state index contributed by atoms with van der Waals surface area (Å²) in [6, 6.07) is 17.3. The van der Waals surface area contributed by atoms with Crippen LogP contribution >= 0.6 is 0 Å². The molecule has 1 N–H and O–H groups in total. The summed E-state index contributed by atoms with van der Waals surface area (Å²) in [5.41, 5.74) is 3.96. The SMILES string of the molecule is Cc1ccc(C)c(S(=O)(=O)Nc2ccc(N3c4ccccc4CC3C)nn2)c1. The quantitative estimate of drug-likeness (QED) is 0.724. The lowest BCUT2D eigenvalue weighted by Crippen LogP contribution is -2.25. The number of hydrogen-bond donors (Lipinski definition) is 1. The van der Waals surface area contributed by atoms with E-state index in [2.05, 4.69) is 38.9 Å². The molecular formula is C21H22N4O2S. The molecule has 7 heteroatoms. The van der Waals surface area contributed by atoms with Gasteiger partial charge in [-0.3, -0.25) is 4.72 Å². The van der Waals surface area contributed by atoms with E-state index in [1.54, 1.807) is 31.2 Å². The highest BCUT2D eigenvalue weighted by molar-refractivity contribution is 7.92. The molecule has 0 spiro atoms. The highest BCUT2D eigenvalue weighted by Gasteiger charge is 2.28. The molecule has 0 saturated heterocycles. The van der Waals surface area contributed by atoms with E-state index in [0.29, 0.717) is 11.4 Å². The van der Waals surface area contributed by atoms with Gasteiger partial charge in [0.1, 0.15) is 0 Å².